The number of carbonyl (C=O) groups excluding carboxylic acids is 1. The molecule has 3 saturated heterocycles. The smallest absolute Gasteiger partial charge is 0.338 e. The monoisotopic (exact) mass is 348 g/mol. The van der Waals surface area contributed by atoms with Crippen molar-refractivity contribution in [2.75, 3.05) is 0 Å². The lowest BCUT2D eigenvalue weighted by atomic mass is 9.47. The average Bonchev–Trinajstić information content (AvgIpc) is 3.12. The summed E-state index contributed by atoms with van der Waals surface area (Å²) >= 11 is 0. The Hall–Kier alpha value is -0.910. The van der Waals surface area contributed by atoms with Crippen molar-refractivity contribution >= 4 is 5.97 Å². The van der Waals surface area contributed by atoms with Gasteiger partial charge in [-0.15, -0.1) is 0 Å². The van der Waals surface area contributed by atoms with Gasteiger partial charge in [0, 0.05) is 0 Å². The quantitative estimate of drug-likeness (QED) is 0.538. The van der Waals surface area contributed by atoms with Crippen LogP contribution in [0.2, 0.25) is 0 Å². The normalized spacial score (nSPS) is 58.3. The van der Waals surface area contributed by atoms with Gasteiger partial charge in [-0.3, -0.25) is 0 Å². The number of ether oxygens (including phenoxy) is 3. The Morgan fingerprint density at radius 1 is 1.24 bits per heavy atom. The Labute approximate surface area is 148 Å². The fourth-order valence-electron chi connectivity index (χ4n) is 6.94. The first kappa shape index (κ1) is 16.3. The van der Waals surface area contributed by atoms with Gasteiger partial charge in [-0.05, 0) is 35.5 Å². The minimum atomic E-state index is -0.947. The van der Waals surface area contributed by atoms with E-state index < -0.39 is 24.3 Å². The number of allylic oxidation sites excluding steroid dienone is 1. The summed E-state index contributed by atoms with van der Waals surface area (Å²) < 4.78 is 17.3. The molecule has 9 atom stereocenters. The number of aliphatic hydroxyl groups is 1. The molecule has 2 aliphatic carbocycles. The second kappa shape index (κ2) is 4.68. The minimum absolute atomic E-state index is 0.0802. The van der Waals surface area contributed by atoms with E-state index in [9.17, 15) is 9.90 Å². The van der Waals surface area contributed by atoms with Gasteiger partial charge < -0.3 is 19.3 Å². The largest absolute Gasteiger partial charge is 0.433 e. The molecule has 25 heavy (non-hydrogen) atoms. The van der Waals surface area contributed by atoms with Gasteiger partial charge in [-0.25, -0.2) is 4.79 Å². The zero-order valence-corrected chi connectivity index (χ0v) is 15.4. The van der Waals surface area contributed by atoms with E-state index in [-0.39, 0.29) is 34.6 Å². The molecule has 3 heterocycles. The first-order valence-corrected chi connectivity index (χ1v) is 9.62. The molecule has 0 aromatic heterocycles. The van der Waals surface area contributed by atoms with Crippen LogP contribution in [0.25, 0.3) is 0 Å². The number of hydrogen-bond acceptors (Lipinski definition) is 5. The maximum Gasteiger partial charge on any atom is 0.338 e. The van der Waals surface area contributed by atoms with Crippen LogP contribution < -0.4 is 0 Å². The van der Waals surface area contributed by atoms with E-state index in [4.69, 9.17) is 14.2 Å². The highest BCUT2D eigenvalue weighted by atomic mass is 16.8. The maximum atomic E-state index is 12.2. The number of fused-ring (bicyclic) bond motifs is 2. The van der Waals surface area contributed by atoms with Crippen LogP contribution in [0.1, 0.15) is 47.0 Å². The molecule has 5 aliphatic rings. The lowest BCUT2D eigenvalue weighted by molar-refractivity contribution is -0.201. The highest BCUT2D eigenvalue weighted by Gasteiger charge is 2.73. The third-order valence-electron chi connectivity index (χ3n) is 8.28. The van der Waals surface area contributed by atoms with Crippen LogP contribution in [0.4, 0.5) is 0 Å². The molecule has 4 fully saturated rings. The van der Waals surface area contributed by atoms with Crippen molar-refractivity contribution in [3.63, 3.8) is 0 Å². The molecule has 5 rings (SSSR count). The van der Waals surface area contributed by atoms with E-state index in [1.165, 1.54) is 12.8 Å². The van der Waals surface area contributed by atoms with E-state index in [2.05, 4.69) is 39.8 Å². The van der Waals surface area contributed by atoms with Crippen molar-refractivity contribution in [1.29, 1.82) is 0 Å². The highest BCUT2D eigenvalue weighted by Crippen LogP contribution is 2.66. The Bertz CT molecular complexity index is 656. The summed E-state index contributed by atoms with van der Waals surface area (Å²) in [5.74, 6) is -0.134. The van der Waals surface area contributed by atoms with E-state index in [0.29, 0.717) is 5.92 Å². The van der Waals surface area contributed by atoms with Gasteiger partial charge in [-0.2, -0.15) is 0 Å². The van der Waals surface area contributed by atoms with E-state index in [1.807, 2.05) is 0 Å². The summed E-state index contributed by atoms with van der Waals surface area (Å²) in [6, 6.07) is 0. The molecular weight excluding hydrogens is 320 g/mol. The van der Waals surface area contributed by atoms with E-state index in [0.717, 1.165) is 6.42 Å². The molecule has 1 saturated carbocycles. The van der Waals surface area contributed by atoms with Crippen LogP contribution in [-0.4, -0.2) is 35.4 Å². The van der Waals surface area contributed by atoms with Crippen LogP contribution in [-0.2, 0) is 19.0 Å². The predicted octanol–water partition coefficient (Wildman–Crippen LogP) is 2.63. The number of carbonyl (C=O) groups is 1. The Balaban J connectivity index is 1.62. The zero-order chi connectivity index (χ0) is 17.8. The fourth-order valence-corrected chi connectivity index (χ4v) is 6.94. The van der Waals surface area contributed by atoms with Gasteiger partial charge in [0.1, 0.15) is 0 Å². The predicted molar refractivity (Wildman–Crippen MR) is 89.1 cm³/mol. The molecule has 0 bridgehead atoms. The van der Waals surface area contributed by atoms with E-state index >= 15 is 0 Å². The molecule has 0 aromatic rings. The molecule has 1 N–H and O–H groups in total. The second-order valence-electron chi connectivity index (χ2n) is 9.73. The molecule has 3 aliphatic heterocycles. The van der Waals surface area contributed by atoms with Gasteiger partial charge in [-0.1, -0.05) is 46.3 Å². The van der Waals surface area contributed by atoms with Crippen molar-refractivity contribution in [3.05, 3.63) is 12.2 Å². The summed E-state index contributed by atoms with van der Waals surface area (Å²) in [4.78, 5) is 12.2. The molecule has 5 heteroatoms. The minimum Gasteiger partial charge on any atom is -0.433 e. The molecule has 5 nitrogen and oxygen atoms in total. The van der Waals surface area contributed by atoms with E-state index in [1.54, 1.807) is 0 Å². The zero-order valence-electron chi connectivity index (χ0n) is 15.4. The summed E-state index contributed by atoms with van der Waals surface area (Å²) in [6.45, 7) is 9.32. The molecule has 1 spiro atoms. The lowest BCUT2D eigenvalue weighted by Crippen LogP contribution is -2.58. The highest BCUT2D eigenvalue weighted by molar-refractivity contribution is 5.78. The van der Waals surface area contributed by atoms with Gasteiger partial charge >= 0.3 is 5.97 Å². The Morgan fingerprint density at radius 3 is 2.76 bits per heavy atom. The topological polar surface area (TPSA) is 65.0 Å². The van der Waals surface area contributed by atoms with Gasteiger partial charge in [0.15, 0.2) is 12.4 Å². The first-order valence-electron chi connectivity index (χ1n) is 9.62. The Morgan fingerprint density at radius 2 is 2.00 bits per heavy atom. The molecule has 0 radical (unpaired) electrons. The lowest BCUT2D eigenvalue weighted by Gasteiger charge is -2.59. The third kappa shape index (κ3) is 1.77. The van der Waals surface area contributed by atoms with Crippen molar-refractivity contribution in [2.45, 2.75) is 71.2 Å². The SMILES string of the molecule is C[C@H]1[C@@]2(C=CC3C(C)(C)CCC[C@@]31C)O[C@H]1C(=O)O[C@H]3O[C@H](O)[C@@H]2C31. The number of rotatable bonds is 0. The van der Waals surface area contributed by atoms with Gasteiger partial charge in [0.2, 0.25) is 6.29 Å². The van der Waals surface area contributed by atoms with Crippen LogP contribution in [0, 0.1) is 34.5 Å². The van der Waals surface area contributed by atoms with Crippen molar-refractivity contribution in [1.82, 2.24) is 0 Å². The van der Waals surface area contributed by atoms with Crippen molar-refractivity contribution < 1.29 is 24.1 Å². The van der Waals surface area contributed by atoms with Crippen LogP contribution in [0.5, 0.6) is 0 Å². The van der Waals surface area contributed by atoms with Gasteiger partial charge in [0.05, 0.1) is 17.4 Å². The number of aliphatic hydroxyl groups excluding tert-OH is 1. The molecule has 138 valence electrons. The molecular formula is C20H28O5. The molecule has 0 aromatic carbocycles. The van der Waals surface area contributed by atoms with Crippen LogP contribution in [0.3, 0.4) is 0 Å². The van der Waals surface area contributed by atoms with Gasteiger partial charge in [0.25, 0.3) is 0 Å². The maximum absolute atomic E-state index is 12.2. The average molecular weight is 348 g/mol. The third-order valence-corrected chi connectivity index (χ3v) is 8.28. The number of hydrogen-bond donors (Lipinski definition) is 1. The summed E-state index contributed by atoms with van der Waals surface area (Å²) in [6.07, 6.45) is 5.82. The summed E-state index contributed by atoms with van der Waals surface area (Å²) in [5.41, 5.74) is -0.321. The standard InChI is InChI=1S/C20H28O5/c1-10-19(4)8-5-7-18(2,3)11(19)6-9-20(10)13-12-14(25-20)16(22)24-17(12)23-15(13)21/h6,9-15,17,21H,5,7-8H2,1-4H3/t10-,11?,12?,13+,14-,15+,17-,19-,20-/m1/s1. The summed E-state index contributed by atoms with van der Waals surface area (Å²) in [7, 11) is 0. The van der Waals surface area contributed by atoms with Crippen LogP contribution >= 0.6 is 0 Å². The first-order chi connectivity index (χ1) is 11.7. The van der Waals surface area contributed by atoms with Crippen molar-refractivity contribution in [3.8, 4) is 0 Å². The second-order valence-corrected chi connectivity index (χ2v) is 9.73. The van der Waals surface area contributed by atoms with Crippen LogP contribution in [0.15, 0.2) is 12.2 Å². The summed E-state index contributed by atoms with van der Waals surface area (Å²) in [5, 5.41) is 10.6. The number of esters is 1. The molecule has 0 amide bonds. The van der Waals surface area contributed by atoms with Crippen molar-refractivity contribution in [2.24, 2.45) is 34.5 Å². The Kier molecular flexibility index (Phi) is 3.04. The fraction of sp³-hybridized carbons (Fsp3) is 0.850. The molecule has 2 unspecified atom stereocenters.